The van der Waals surface area contributed by atoms with Gasteiger partial charge in [0.1, 0.15) is 13.7 Å². The lowest BCUT2D eigenvalue weighted by atomic mass is 9.91. The Morgan fingerprint density at radius 1 is 1.42 bits per heavy atom. The second-order valence-electron chi connectivity index (χ2n) is 3.68. The van der Waals surface area contributed by atoms with Gasteiger partial charge in [-0.2, -0.15) is 0 Å². The van der Waals surface area contributed by atoms with E-state index in [0.717, 1.165) is 11.9 Å². The molecule has 0 spiro atoms. The van der Waals surface area contributed by atoms with Crippen molar-refractivity contribution in [2.24, 2.45) is 5.92 Å². The summed E-state index contributed by atoms with van der Waals surface area (Å²) >= 11 is 0. The summed E-state index contributed by atoms with van der Waals surface area (Å²) in [4.78, 5) is 0. The highest BCUT2D eigenvalue weighted by Crippen LogP contribution is 2.06. The predicted octanol–water partition coefficient (Wildman–Crippen LogP) is 1.28. The predicted molar refractivity (Wildman–Crippen MR) is 53.1 cm³/mol. The van der Waals surface area contributed by atoms with Crippen molar-refractivity contribution in [3.63, 3.8) is 0 Å². The van der Waals surface area contributed by atoms with Crippen molar-refractivity contribution in [2.45, 2.75) is 20.3 Å². The van der Waals surface area contributed by atoms with Crippen LogP contribution in [0, 0.1) is 11.7 Å². The molecule has 0 N–H and O–H groups in total. The van der Waals surface area contributed by atoms with Gasteiger partial charge in [0.05, 0.1) is 0 Å². The Hall–Kier alpha value is -0.785. The average molecular weight is 164 g/mol. The summed E-state index contributed by atoms with van der Waals surface area (Å²) < 4.78 is 12.8. The Labute approximate surface area is 74.2 Å². The lowest BCUT2D eigenvalue weighted by Crippen LogP contribution is -2.09. The van der Waals surface area contributed by atoms with Gasteiger partial charge in [-0.15, -0.1) is 0 Å². The first kappa shape index (κ1) is 9.30. The minimum atomic E-state index is -0.109. The highest BCUT2D eigenvalue weighted by Gasteiger charge is 2.00. The van der Waals surface area contributed by atoms with E-state index in [2.05, 4.69) is 13.8 Å². The molecule has 1 rings (SSSR count). The summed E-state index contributed by atoms with van der Waals surface area (Å²) in [5, 5.41) is 0. The molecule has 0 aliphatic heterocycles. The fourth-order valence-electron chi connectivity index (χ4n) is 1.31. The minimum absolute atomic E-state index is 0.109. The van der Waals surface area contributed by atoms with E-state index in [1.165, 1.54) is 5.56 Å². The zero-order valence-electron chi connectivity index (χ0n) is 7.89. The average Bonchev–Trinajstić information content (AvgIpc) is 1.96. The van der Waals surface area contributed by atoms with Gasteiger partial charge in [-0.1, -0.05) is 31.4 Å². The topological polar surface area (TPSA) is 0 Å². The summed E-state index contributed by atoms with van der Waals surface area (Å²) in [6, 6.07) is 5.34. The molecule has 0 unspecified atom stereocenters. The monoisotopic (exact) mass is 164 g/mol. The van der Waals surface area contributed by atoms with E-state index >= 15 is 0 Å². The number of hydrogen-bond acceptors (Lipinski definition) is 0. The van der Waals surface area contributed by atoms with Crippen LogP contribution >= 0.6 is 0 Å². The van der Waals surface area contributed by atoms with Crippen LogP contribution in [0.3, 0.4) is 0 Å². The van der Waals surface area contributed by atoms with Crippen LogP contribution in [0.15, 0.2) is 18.2 Å². The molecule has 0 aromatic heterocycles. The van der Waals surface area contributed by atoms with E-state index in [1.54, 1.807) is 13.9 Å². The first-order valence-corrected chi connectivity index (χ1v) is 4.34. The molecule has 0 atom stereocenters. The highest BCUT2D eigenvalue weighted by molar-refractivity contribution is 6.32. The Morgan fingerprint density at radius 2 is 2.08 bits per heavy atom. The molecule has 2 heteroatoms. The molecule has 64 valence electrons. The van der Waals surface area contributed by atoms with E-state index in [1.807, 2.05) is 12.1 Å². The largest absolute Gasteiger partial charge is 0.208 e. The molecule has 0 aliphatic carbocycles. The first-order chi connectivity index (χ1) is 5.59. The zero-order valence-corrected chi connectivity index (χ0v) is 7.89. The molecular formula is C10H14BF. The molecule has 1 aromatic rings. The van der Waals surface area contributed by atoms with Crippen molar-refractivity contribution < 1.29 is 4.39 Å². The van der Waals surface area contributed by atoms with Gasteiger partial charge in [-0.3, -0.25) is 0 Å². The van der Waals surface area contributed by atoms with Crippen molar-refractivity contribution in [2.75, 3.05) is 0 Å². The van der Waals surface area contributed by atoms with Gasteiger partial charge >= 0.3 is 0 Å². The van der Waals surface area contributed by atoms with E-state index in [9.17, 15) is 4.39 Å². The lowest BCUT2D eigenvalue weighted by Gasteiger charge is -2.05. The standard InChI is InChI=1S/C10H14BF/c1-7(2)5-8-3-4-10(12)9(11)6-8/h3-4,6-7H,5,11H2,1-2H3. The van der Waals surface area contributed by atoms with Crippen molar-refractivity contribution in [1.29, 1.82) is 0 Å². The lowest BCUT2D eigenvalue weighted by molar-refractivity contribution is 0.628. The minimum Gasteiger partial charge on any atom is -0.208 e. The Morgan fingerprint density at radius 3 is 2.58 bits per heavy atom. The molecule has 0 amide bonds. The molecule has 0 fully saturated rings. The number of rotatable bonds is 2. The molecule has 0 saturated carbocycles. The zero-order chi connectivity index (χ0) is 9.14. The highest BCUT2D eigenvalue weighted by atomic mass is 19.1. The second-order valence-corrected chi connectivity index (χ2v) is 3.68. The van der Waals surface area contributed by atoms with Gasteiger partial charge in [-0.25, -0.2) is 4.39 Å². The van der Waals surface area contributed by atoms with Crippen LogP contribution in [0.4, 0.5) is 4.39 Å². The van der Waals surface area contributed by atoms with Gasteiger partial charge in [0.15, 0.2) is 0 Å². The smallest absolute Gasteiger partial charge is 0.143 e. The first-order valence-electron chi connectivity index (χ1n) is 4.34. The van der Waals surface area contributed by atoms with Crippen molar-refractivity contribution in [1.82, 2.24) is 0 Å². The molecule has 0 saturated heterocycles. The number of hydrogen-bond donors (Lipinski definition) is 0. The van der Waals surface area contributed by atoms with E-state index < -0.39 is 0 Å². The summed E-state index contributed by atoms with van der Waals surface area (Å²) in [6.45, 7) is 4.33. The third kappa shape index (κ3) is 2.37. The van der Waals surface area contributed by atoms with Gasteiger partial charge < -0.3 is 0 Å². The maximum Gasteiger partial charge on any atom is 0.143 e. The van der Waals surface area contributed by atoms with E-state index in [-0.39, 0.29) is 5.82 Å². The molecule has 12 heavy (non-hydrogen) atoms. The summed E-state index contributed by atoms with van der Waals surface area (Å²) in [5.74, 6) is 0.525. The molecule has 0 bridgehead atoms. The molecule has 0 radical (unpaired) electrons. The van der Waals surface area contributed by atoms with Crippen molar-refractivity contribution in [3.05, 3.63) is 29.6 Å². The van der Waals surface area contributed by atoms with Crippen LogP contribution in [0.25, 0.3) is 0 Å². The third-order valence-electron chi connectivity index (χ3n) is 1.87. The molecule has 0 aliphatic rings. The fourth-order valence-corrected chi connectivity index (χ4v) is 1.31. The van der Waals surface area contributed by atoms with Crippen LogP contribution in [0.1, 0.15) is 19.4 Å². The third-order valence-corrected chi connectivity index (χ3v) is 1.87. The summed E-state index contributed by atoms with van der Waals surface area (Å²) in [6.07, 6.45) is 1.03. The van der Waals surface area contributed by atoms with Crippen molar-refractivity contribution in [3.8, 4) is 0 Å². The van der Waals surface area contributed by atoms with Crippen molar-refractivity contribution >= 4 is 13.3 Å². The SMILES string of the molecule is Bc1cc(CC(C)C)ccc1F. The maximum absolute atomic E-state index is 12.8. The molecule has 0 nitrogen and oxygen atoms in total. The maximum atomic E-state index is 12.8. The number of halogens is 1. The summed E-state index contributed by atoms with van der Waals surface area (Å²) in [7, 11) is 1.80. The van der Waals surface area contributed by atoms with E-state index in [4.69, 9.17) is 0 Å². The summed E-state index contributed by atoms with van der Waals surface area (Å²) in [5.41, 5.74) is 1.97. The molecular weight excluding hydrogens is 150 g/mol. The Bertz CT molecular complexity index is 269. The molecule has 1 aromatic carbocycles. The van der Waals surface area contributed by atoms with Gasteiger partial charge in [0.2, 0.25) is 0 Å². The number of benzene rings is 1. The quantitative estimate of drug-likeness (QED) is 0.577. The van der Waals surface area contributed by atoms with Gasteiger partial charge in [0.25, 0.3) is 0 Å². The Kier molecular flexibility index (Phi) is 2.91. The molecule has 0 heterocycles. The van der Waals surface area contributed by atoms with Crippen LogP contribution in [0.5, 0.6) is 0 Å². The van der Waals surface area contributed by atoms with Crippen LogP contribution in [-0.2, 0) is 6.42 Å². The van der Waals surface area contributed by atoms with E-state index in [0.29, 0.717) is 5.92 Å². The second kappa shape index (κ2) is 3.75. The van der Waals surface area contributed by atoms with Gasteiger partial charge in [0, 0.05) is 0 Å². The normalized spacial score (nSPS) is 10.7. The van der Waals surface area contributed by atoms with Gasteiger partial charge in [-0.05, 0) is 24.0 Å². The van der Waals surface area contributed by atoms with Crippen LogP contribution in [-0.4, -0.2) is 7.85 Å². The Balaban J connectivity index is 2.82. The fraction of sp³-hybridized carbons (Fsp3) is 0.400. The van der Waals surface area contributed by atoms with Crippen LogP contribution in [0.2, 0.25) is 0 Å². The van der Waals surface area contributed by atoms with Crippen LogP contribution < -0.4 is 5.46 Å².